The number of hydrogen-bond acceptors (Lipinski definition) is 3. The Labute approximate surface area is 156 Å². The van der Waals surface area contributed by atoms with Gasteiger partial charge in [-0.2, -0.15) is 0 Å². The van der Waals surface area contributed by atoms with Crippen molar-refractivity contribution in [2.45, 2.75) is 57.9 Å². The molecule has 5 nitrogen and oxygen atoms in total. The van der Waals surface area contributed by atoms with Crippen molar-refractivity contribution in [1.29, 1.82) is 0 Å². The third-order valence-corrected chi connectivity index (χ3v) is 5.52. The summed E-state index contributed by atoms with van der Waals surface area (Å²) in [6.45, 7) is 3.95. The molecule has 1 aromatic carbocycles. The van der Waals surface area contributed by atoms with Gasteiger partial charge in [-0.3, -0.25) is 9.59 Å². The van der Waals surface area contributed by atoms with E-state index in [9.17, 15) is 9.59 Å². The number of carbonyl (C=O) groups excluding carboxylic acids is 2. The lowest BCUT2D eigenvalue weighted by Gasteiger charge is -2.33. The SMILES string of the molecule is CCOc1ccc(C(=O)N2CCC(NC(=O)C3CCCCC3)CC2)cc1. The van der Waals surface area contributed by atoms with Crippen LogP contribution in [0.5, 0.6) is 5.75 Å². The lowest BCUT2D eigenvalue weighted by atomic mass is 9.88. The van der Waals surface area contributed by atoms with E-state index in [1.807, 2.05) is 36.1 Å². The summed E-state index contributed by atoms with van der Waals surface area (Å²) >= 11 is 0. The predicted molar refractivity (Wildman–Crippen MR) is 101 cm³/mol. The van der Waals surface area contributed by atoms with Crippen LogP contribution in [0.2, 0.25) is 0 Å². The van der Waals surface area contributed by atoms with E-state index in [0.717, 1.165) is 31.4 Å². The summed E-state index contributed by atoms with van der Waals surface area (Å²) in [7, 11) is 0. The number of carbonyl (C=O) groups is 2. The molecule has 0 unspecified atom stereocenters. The minimum atomic E-state index is 0.0603. The molecular weight excluding hydrogens is 328 g/mol. The zero-order valence-electron chi connectivity index (χ0n) is 15.7. The Morgan fingerprint density at radius 2 is 1.69 bits per heavy atom. The van der Waals surface area contributed by atoms with Crippen LogP contribution in [0.4, 0.5) is 0 Å². The van der Waals surface area contributed by atoms with Gasteiger partial charge in [-0.05, 0) is 56.9 Å². The number of hydrogen-bond donors (Lipinski definition) is 1. The molecule has 2 fully saturated rings. The third kappa shape index (κ3) is 4.77. The summed E-state index contributed by atoms with van der Waals surface area (Å²) < 4.78 is 5.42. The number of benzene rings is 1. The molecule has 1 saturated carbocycles. The van der Waals surface area contributed by atoms with Crippen molar-refractivity contribution in [1.82, 2.24) is 10.2 Å². The summed E-state index contributed by atoms with van der Waals surface area (Å²) in [4.78, 5) is 26.9. The van der Waals surface area contributed by atoms with E-state index in [4.69, 9.17) is 4.74 Å². The van der Waals surface area contributed by atoms with Crippen LogP contribution in [0.1, 0.15) is 62.2 Å². The molecule has 1 N–H and O–H groups in total. The van der Waals surface area contributed by atoms with Crippen LogP contribution in [-0.4, -0.2) is 42.5 Å². The zero-order chi connectivity index (χ0) is 18.4. The first-order valence-corrected chi connectivity index (χ1v) is 10.00. The van der Waals surface area contributed by atoms with Gasteiger partial charge < -0.3 is 15.0 Å². The monoisotopic (exact) mass is 358 g/mol. The molecule has 3 rings (SSSR count). The van der Waals surface area contributed by atoms with Gasteiger partial charge in [0.05, 0.1) is 6.61 Å². The second kappa shape index (κ2) is 9.06. The minimum Gasteiger partial charge on any atom is -0.494 e. The first-order valence-electron chi connectivity index (χ1n) is 10.00. The molecule has 2 aliphatic rings. The Hall–Kier alpha value is -2.04. The van der Waals surface area contributed by atoms with E-state index in [-0.39, 0.29) is 23.8 Å². The van der Waals surface area contributed by atoms with Gasteiger partial charge in [0, 0.05) is 30.6 Å². The summed E-state index contributed by atoms with van der Waals surface area (Å²) in [5, 5.41) is 3.22. The molecule has 0 aromatic heterocycles. The first kappa shape index (κ1) is 18.7. The molecular formula is C21H30N2O3. The second-order valence-electron chi connectivity index (χ2n) is 7.37. The highest BCUT2D eigenvalue weighted by molar-refractivity contribution is 5.94. The molecule has 2 amide bonds. The molecule has 1 aliphatic heterocycles. The number of nitrogens with one attached hydrogen (secondary N) is 1. The standard InChI is InChI=1S/C21H30N2O3/c1-2-26-19-10-8-17(9-11-19)21(25)23-14-12-18(13-15-23)22-20(24)16-6-4-3-5-7-16/h8-11,16,18H,2-7,12-15H2,1H3,(H,22,24). The molecule has 1 saturated heterocycles. The van der Waals surface area contributed by atoms with E-state index in [2.05, 4.69) is 5.32 Å². The largest absolute Gasteiger partial charge is 0.494 e. The maximum absolute atomic E-state index is 12.6. The number of piperidine rings is 1. The van der Waals surface area contributed by atoms with Gasteiger partial charge in [-0.1, -0.05) is 19.3 Å². The zero-order valence-corrected chi connectivity index (χ0v) is 15.7. The van der Waals surface area contributed by atoms with E-state index in [0.29, 0.717) is 25.3 Å². The molecule has 142 valence electrons. The van der Waals surface area contributed by atoms with Crippen molar-refractivity contribution in [2.24, 2.45) is 5.92 Å². The van der Waals surface area contributed by atoms with Crippen molar-refractivity contribution < 1.29 is 14.3 Å². The Bertz CT molecular complexity index is 600. The van der Waals surface area contributed by atoms with Crippen LogP contribution < -0.4 is 10.1 Å². The van der Waals surface area contributed by atoms with Gasteiger partial charge in [-0.15, -0.1) is 0 Å². The molecule has 0 bridgehead atoms. The molecule has 5 heteroatoms. The first-order chi connectivity index (χ1) is 12.7. The molecule has 0 atom stereocenters. The maximum Gasteiger partial charge on any atom is 0.253 e. The van der Waals surface area contributed by atoms with E-state index < -0.39 is 0 Å². The predicted octanol–water partition coefficient (Wildman–Crippen LogP) is 3.39. The number of likely N-dealkylation sites (tertiary alicyclic amines) is 1. The molecule has 0 spiro atoms. The van der Waals surface area contributed by atoms with Gasteiger partial charge in [0.1, 0.15) is 5.75 Å². The second-order valence-corrected chi connectivity index (χ2v) is 7.37. The summed E-state index contributed by atoms with van der Waals surface area (Å²) in [6.07, 6.45) is 7.33. The third-order valence-electron chi connectivity index (χ3n) is 5.52. The van der Waals surface area contributed by atoms with Crippen molar-refractivity contribution in [3.05, 3.63) is 29.8 Å². The van der Waals surface area contributed by atoms with Crippen LogP contribution in [0.15, 0.2) is 24.3 Å². The smallest absolute Gasteiger partial charge is 0.253 e. The van der Waals surface area contributed by atoms with E-state index >= 15 is 0 Å². The van der Waals surface area contributed by atoms with Gasteiger partial charge in [-0.25, -0.2) is 0 Å². The molecule has 1 aromatic rings. The highest BCUT2D eigenvalue weighted by Gasteiger charge is 2.27. The average Bonchev–Trinajstić information content (AvgIpc) is 2.69. The lowest BCUT2D eigenvalue weighted by Crippen LogP contribution is -2.48. The van der Waals surface area contributed by atoms with Crippen molar-refractivity contribution in [3.8, 4) is 5.75 Å². The van der Waals surface area contributed by atoms with Crippen LogP contribution in [0, 0.1) is 5.92 Å². The highest BCUT2D eigenvalue weighted by atomic mass is 16.5. The Balaban J connectivity index is 1.46. The Morgan fingerprint density at radius 1 is 1.04 bits per heavy atom. The fourth-order valence-electron chi connectivity index (χ4n) is 3.95. The number of nitrogens with zero attached hydrogens (tertiary/aromatic N) is 1. The van der Waals surface area contributed by atoms with Gasteiger partial charge in [0.2, 0.25) is 5.91 Å². The van der Waals surface area contributed by atoms with Gasteiger partial charge >= 0.3 is 0 Å². The van der Waals surface area contributed by atoms with Crippen LogP contribution in [0.25, 0.3) is 0 Å². The fourth-order valence-corrected chi connectivity index (χ4v) is 3.95. The van der Waals surface area contributed by atoms with Crippen molar-refractivity contribution in [2.75, 3.05) is 19.7 Å². The molecule has 1 heterocycles. The van der Waals surface area contributed by atoms with Crippen LogP contribution in [-0.2, 0) is 4.79 Å². The number of ether oxygens (including phenoxy) is 1. The van der Waals surface area contributed by atoms with Crippen molar-refractivity contribution >= 4 is 11.8 Å². The summed E-state index contributed by atoms with van der Waals surface area (Å²) in [6, 6.07) is 7.53. The number of rotatable bonds is 5. The lowest BCUT2D eigenvalue weighted by molar-refractivity contribution is -0.126. The molecule has 1 aliphatic carbocycles. The van der Waals surface area contributed by atoms with E-state index in [1.54, 1.807) is 0 Å². The quantitative estimate of drug-likeness (QED) is 0.878. The maximum atomic E-state index is 12.6. The summed E-state index contributed by atoms with van der Waals surface area (Å²) in [5.41, 5.74) is 0.693. The Morgan fingerprint density at radius 3 is 2.31 bits per heavy atom. The highest BCUT2D eigenvalue weighted by Crippen LogP contribution is 2.24. The van der Waals surface area contributed by atoms with Gasteiger partial charge in [0.25, 0.3) is 5.91 Å². The van der Waals surface area contributed by atoms with Crippen molar-refractivity contribution in [3.63, 3.8) is 0 Å². The topological polar surface area (TPSA) is 58.6 Å². The average molecular weight is 358 g/mol. The Kier molecular flexibility index (Phi) is 6.53. The molecule has 0 radical (unpaired) electrons. The summed E-state index contributed by atoms with van der Waals surface area (Å²) in [5.74, 6) is 1.27. The van der Waals surface area contributed by atoms with E-state index in [1.165, 1.54) is 19.3 Å². The normalized spacial score (nSPS) is 19.2. The number of amides is 2. The van der Waals surface area contributed by atoms with Crippen LogP contribution >= 0.6 is 0 Å². The van der Waals surface area contributed by atoms with Crippen LogP contribution in [0.3, 0.4) is 0 Å². The van der Waals surface area contributed by atoms with Gasteiger partial charge in [0.15, 0.2) is 0 Å². The minimum absolute atomic E-state index is 0.0603. The fraction of sp³-hybridized carbons (Fsp3) is 0.619. The molecule has 26 heavy (non-hydrogen) atoms.